The van der Waals surface area contributed by atoms with Gasteiger partial charge >= 0.3 is 11.9 Å². The highest BCUT2D eigenvalue weighted by molar-refractivity contribution is 5.88. The van der Waals surface area contributed by atoms with Crippen LogP contribution in [-0.2, 0) is 9.59 Å². The topological polar surface area (TPSA) is 52.6 Å². The third kappa shape index (κ3) is 5.05. The second-order valence-electron chi connectivity index (χ2n) is 6.86. The van der Waals surface area contributed by atoms with Gasteiger partial charge in [-0.3, -0.25) is 4.79 Å². The zero-order valence-corrected chi connectivity index (χ0v) is 15.0. The fourth-order valence-corrected chi connectivity index (χ4v) is 1.89. The van der Waals surface area contributed by atoms with E-state index in [4.69, 9.17) is 9.47 Å². The van der Waals surface area contributed by atoms with E-state index in [1.165, 1.54) is 0 Å². The molecule has 0 saturated heterocycles. The summed E-state index contributed by atoms with van der Waals surface area (Å²) in [5.41, 5.74) is 1.73. The molecule has 0 aliphatic rings. The molecule has 25 heavy (non-hydrogen) atoms. The molecule has 0 amide bonds. The van der Waals surface area contributed by atoms with Crippen LogP contribution in [-0.4, -0.2) is 11.9 Å². The molecule has 0 saturated carbocycles. The van der Waals surface area contributed by atoms with Crippen molar-refractivity contribution in [1.29, 1.82) is 0 Å². The maximum atomic E-state index is 11.9. The number of carbonyl (C=O) groups excluding carboxylic acids is 2. The Bertz CT molecular complexity index is 778. The van der Waals surface area contributed by atoms with Crippen molar-refractivity contribution in [2.24, 2.45) is 5.41 Å². The molecular formula is C21H22O4. The van der Waals surface area contributed by atoms with Gasteiger partial charge in [0.05, 0.1) is 5.41 Å². The molecule has 0 spiro atoms. The lowest BCUT2D eigenvalue weighted by Gasteiger charge is -2.16. The van der Waals surface area contributed by atoms with E-state index < -0.39 is 11.4 Å². The monoisotopic (exact) mass is 338 g/mol. The van der Waals surface area contributed by atoms with E-state index in [1.807, 2.05) is 45.0 Å². The fourth-order valence-electron chi connectivity index (χ4n) is 1.89. The van der Waals surface area contributed by atoms with E-state index in [0.29, 0.717) is 17.1 Å². The second kappa shape index (κ2) is 7.34. The van der Waals surface area contributed by atoms with E-state index in [0.717, 1.165) is 11.1 Å². The van der Waals surface area contributed by atoms with Gasteiger partial charge in [-0.05, 0) is 63.1 Å². The number of carbonyl (C=O) groups is 2. The maximum Gasteiger partial charge on any atom is 0.338 e. The van der Waals surface area contributed by atoms with Crippen molar-refractivity contribution in [3.63, 3.8) is 0 Å². The molecule has 0 aliphatic heterocycles. The lowest BCUT2D eigenvalue weighted by atomic mass is 9.97. The van der Waals surface area contributed by atoms with Gasteiger partial charge in [-0.25, -0.2) is 4.79 Å². The Morgan fingerprint density at radius 3 is 1.56 bits per heavy atom. The molecule has 0 radical (unpaired) electrons. The highest BCUT2D eigenvalue weighted by Crippen LogP contribution is 2.26. The Morgan fingerprint density at radius 2 is 1.20 bits per heavy atom. The summed E-state index contributed by atoms with van der Waals surface area (Å²) in [6, 6.07) is 14.4. The highest BCUT2D eigenvalue weighted by atomic mass is 16.5. The number of benzene rings is 2. The summed E-state index contributed by atoms with van der Waals surface area (Å²) in [7, 11) is 0. The first-order valence-corrected chi connectivity index (χ1v) is 7.97. The predicted molar refractivity (Wildman–Crippen MR) is 97.4 cm³/mol. The van der Waals surface area contributed by atoms with Crippen molar-refractivity contribution in [3.8, 4) is 22.6 Å². The molecule has 0 aromatic heterocycles. The largest absolute Gasteiger partial charge is 0.426 e. The summed E-state index contributed by atoms with van der Waals surface area (Å²) in [4.78, 5) is 23.4. The molecule has 0 atom stereocenters. The smallest absolute Gasteiger partial charge is 0.338 e. The summed E-state index contributed by atoms with van der Waals surface area (Å²) in [5, 5.41) is 0. The Kier molecular flexibility index (Phi) is 5.42. The Hall–Kier alpha value is -2.88. The van der Waals surface area contributed by atoms with E-state index in [-0.39, 0.29) is 5.97 Å². The Balaban J connectivity index is 2.08. The van der Waals surface area contributed by atoms with Crippen molar-refractivity contribution in [3.05, 3.63) is 60.7 Å². The molecule has 2 rings (SSSR count). The summed E-state index contributed by atoms with van der Waals surface area (Å²) < 4.78 is 10.5. The lowest BCUT2D eigenvalue weighted by molar-refractivity contribution is -0.143. The van der Waals surface area contributed by atoms with Crippen LogP contribution in [0.3, 0.4) is 0 Å². The molecule has 0 fully saturated rings. The molecule has 0 heterocycles. The Morgan fingerprint density at radius 1 is 0.800 bits per heavy atom. The first-order valence-electron chi connectivity index (χ1n) is 7.97. The van der Waals surface area contributed by atoms with Crippen LogP contribution in [0.15, 0.2) is 60.7 Å². The number of hydrogen-bond donors (Lipinski definition) is 0. The van der Waals surface area contributed by atoms with E-state index >= 15 is 0 Å². The first kappa shape index (κ1) is 18.5. The van der Waals surface area contributed by atoms with E-state index in [2.05, 4.69) is 6.58 Å². The molecular weight excluding hydrogens is 316 g/mol. The van der Waals surface area contributed by atoms with E-state index in [1.54, 1.807) is 31.2 Å². The molecule has 0 N–H and O–H groups in total. The third-order valence-electron chi connectivity index (χ3n) is 3.42. The lowest BCUT2D eigenvalue weighted by Crippen LogP contribution is -2.25. The predicted octanol–water partition coefficient (Wildman–Crippen LogP) is 4.79. The number of ether oxygens (including phenoxy) is 2. The van der Waals surface area contributed by atoms with Gasteiger partial charge < -0.3 is 9.47 Å². The van der Waals surface area contributed by atoms with Crippen LogP contribution in [0.4, 0.5) is 0 Å². The molecule has 0 aliphatic carbocycles. The van der Waals surface area contributed by atoms with Crippen LogP contribution >= 0.6 is 0 Å². The van der Waals surface area contributed by atoms with Crippen LogP contribution in [0.2, 0.25) is 0 Å². The molecule has 0 unspecified atom stereocenters. The van der Waals surface area contributed by atoms with Crippen LogP contribution < -0.4 is 9.47 Å². The van der Waals surface area contributed by atoms with Crippen LogP contribution in [0.25, 0.3) is 11.1 Å². The number of rotatable bonds is 4. The van der Waals surface area contributed by atoms with Crippen molar-refractivity contribution in [2.45, 2.75) is 27.7 Å². The first-order chi connectivity index (χ1) is 11.7. The maximum absolute atomic E-state index is 11.9. The SMILES string of the molecule is C=C(C)C(=O)Oc1ccc(-c2ccc(OC(=O)C(C)(C)C)cc2)cc1. The molecule has 2 aromatic carbocycles. The van der Waals surface area contributed by atoms with Gasteiger partial charge in [-0.15, -0.1) is 0 Å². The van der Waals surface area contributed by atoms with Gasteiger partial charge in [-0.2, -0.15) is 0 Å². The van der Waals surface area contributed by atoms with Gasteiger partial charge in [0.25, 0.3) is 0 Å². The van der Waals surface area contributed by atoms with Gasteiger partial charge in [0.1, 0.15) is 11.5 Å². The van der Waals surface area contributed by atoms with Crippen molar-refractivity contribution < 1.29 is 19.1 Å². The van der Waals surface area contributed by atoms with Crippen molar-refractivity contribution in [2.75, 3.05) is 0 Å². The molecule has 2 aromatic rings. The summed E-state index contributed by atoms with van der Waals surface area (Å²) in [6.07, 6.45) is 0. The van der Waals surface area contributed by atoms with Crippen molar-refractivity contribution in [1.82, 2.24) is 0 Å². The van der Waals surface area contributed by atoms with E-state index in [9.17, 15) is 9.59 Å². The summed E-state index contributed by atoms with van der Waals surface area (Å²) in [6.45, 7) is 10.6. The average Bonchev–Trinajstić information content (AvgIpc) is 2.55. The molecule has 4 nitrogen and oxygen atoms in total. The summed E-state index contributed by atoms with van der Waals surface area (Å²) >= 11 is 0. The summed E-state index contributed by atoms with van der Waals surface area (Å²) in [5.74, 6) is 0.254. The third-order valence-corrected chi connectivity index (χ3v) is 3.42. The number of esters is 2. The minimum atomic E-state index is -0.546. The van der Waals surface area contributed by atoms with Crippen molar-refractivity contribution >= 4 is 11.9 Å². The van der Waals surface area contributed by atoms with Gasteiger partial charge in [0.2, 0.25) is 0 Å². The van der Waals surface area contributed by atoms with Crippen LogP contribution in [0.5, 0.6) is 11.5 Å². The minimum Gasteiger partial charge on any atom is -0.426 e. The van der Waals surface area contributed by atoms with Crippen LogP contribution in [0.1, 0.15) is 27.7 Å². The van der Waals surface area contributed by atoms with Crippen LogP contribution in [0, 0.1) is 5.41 Å². The normalized spacial score (nSPS) is 10.9. The van der Waals surface area contributed by atoms with Gasteiger partial charge in [0, 0.05) is 5.57 Å². The standard InChI is InChI=1S/C21H22O4/c1-14(2)19(22)24-17-10-6-15(7-11-17)16-8-12-18(13-9-16)25-20(23)21(3,4)5/h6-13H,1H2,2-5H3. The molecule has 4 heteroatoms. The second-order valence-corrected chi connectivity index (χ2v) is 6.86. The highest BCUT2D eigenvalue weighted by Gasteiger charge is 2.23. The van der Waals surface area contributed by atoms with Gasteiger partial charge in [0.15, 0.2) is 0 Å². The molecule has 130 valence electrons. The zero-order chi connectivity index (χ0) is 18.6. The number of hydrogen-bond acceptors (Lipinski definition) is 4. The zero-order valence-electron chi connectivity index (χ0n) is 15.0. The Labute approximate surface area is 148 Å². The quantitative estimate of drug-likeness (QED) is 0.457. The molecule has 0 bridgehead atoms. The van der Waals surface area contributed by atoms with Gasteiger partial charge in [-0.1, -0.05) is 30.8 Å². The fraction of sp³-hybridized carbons (Fsp3) is 0.238. The average molecular weight is 338 g/mol. The minimum absolute atomic E-state index is 0.274.